The third-order valence-corrected chi connectivity index (χ3v) is 7.47. The van der Waals surface area contributed by atoms with Crippen molar-refractivity contribution in [1.29, 1.82) is 0 Å². The van der Waals surface area contributed by atoms with Crippen molar-refractivity contribution in [2.24, 2.45) is 0 Å². The fourth-order valence-corrected chi connectivity index (χ4v) is 5.69. The number of hydrogen-bond donors (Lipinski definition) is 1. The van der Waals surface area contributed by atoms with Crippen LogP contribution in [0.3, 0.4) is 0 Å². The van der Waals surface area contributed by atoms with Gasteiger partial charge in [0, 0.05) is 36.6 Å². The summed E-state index contributed by atoms with van der Waals surface area (Å²) in [6.07, 6.45) is 0.198. The van der Waals surface area contributed by atoms with E-state index in [1.807, 2.05) is 18.2 Å². The average Bonchev–Trinajstić information content (AvgIpc) is 3.25. The van der Waals surface area contributed by atoms with Gasteiger partial charge in [-0.05, 0) is 47.1 Å². The van der Waals surface area contributed by atoms with Crippen molar-refractivity contribution in [3.63, 3.8) is 0 Å². The van der Waals surface area contributed by atoms with Crippen LogP contribution in [0.4, 0.5) is 22.7 Å². The number of halogens is 4. The van der Waals surface area contributed by atoms with Gasteiger partial charge in [-0.15, -0.1) is 0 Å². The Morgan fingerprint density at radius 2 is 1.74 bits per heavy atom. The van der Waals surface area contributed by atoms with Crippen LogP contribution in [-0.4, -0.2) is 36.9 Å². The molecular formula is C24H21F4N3O2S2. The lowest BCUT2D eigenvalue weighted by Gasteiger charge is -2.17. The maximum Gasteiger partial charge on any atom is 0.416 e. The van der Waals surface area contributed by atoms with Crippen LogP contribution in [0.25, 0.3) is 21.2 Å². The van der Waals surface area contributed by atoms with E-state index in [2.05, 4.69) is 15.3 Å². The molecule has 4 rings (SSSR count). The number of benzene rings is 2. The number of thiazole rings is 1. The molecule has 11 heteroatoms. The largest absolute Gasteiger partial charge is 0.416 e. The third kappa shape index (κ3) is 6.55. The summed E-state index contributed by atoms with van der Waals surface area (Å²) in [5.41, 5.74) is 0.622. The zero-order valence-electron chi connectivity index (χ0n) is 18.5. The SMILES string of the molecule is CS(=O)(=O)CC(CCNc1ncc(-c2ccc3cnc(F)cc3c2)s1)c1ccc(C(F)(F)F)cc1. The van der Waals surface area contributed by atoms with Gasteiger partial charge in [-0.2, -0.15) is 17.6 Å². The van der Waals surface area contributed by atoms with Crippen molar-refractivity contribution in [3.05, 3.63) is 78.0 Å². The molecule has 0 bridgehead atoms. The number of nitrogens with zero attached hydrogens (tertiary/aromatic N) is 2. The summed E-state index contributed by atoms with van der Waals surface area (Å²) in [5.74, 6) is -1.20. The molecule has 0 aliphatic carbocycles. The van der Waals surface area contributed by atoms with Gasteiger partial charge in [-0.25, -0.2) is 18.4 Å². The maximum atomic E-state index is 13.5. The number of nitrogens with one attached hydrogen (secondary N) is 1. The Morgan fingerprint density at radius 1 is 1.00 bits per heavy atom. The van der Waals surface area contributed by atoms with Crippen LogP contribution >= 0.6 is 11.3 Å². The lowest BCUT2D eigenvalue weighted by molar-refractivity contribution is -0.137. The van der Waals surface area contributed by atoms with E-state index in [-0.39, 0.29) is 5.75 Å². The molecule has 1 unspecified atom stereocenters. The molecule has 0 aliphatic heterocycles. The predicted molar refractivity (Wildman–Crippen MR) is 130 cm³/mol. The number of anilines is 1. The number of alkyl halides is 3. The number of pyridine rings is 1. The quantitative estimate of drug-likeness (QED) is 0.222. The monoisotopic (exact) mass is 523 g/mol. The van der Waals surface area contributed by atoms with Crippen molar-refractivity contribution in [2.75, 3.05) is 23.9 Å². The summed E-state index contributed by atoms with van der Waals surface area (Å²) in [5, 5.41) is 5.32. The van der Waals surface area contributed by atoms with Crippen molar-refractivity contribution < 1.29 is 26.0 Å². The summed E-state index contributed by atoms with van der Waals surface area (Å²) in [4.78, 5) is 8.86. The lowest BCUT2D eigenvalue weighted by Crippen LogP contribution is -2.17. The van der Waals surface area contributed by atoms with Crippen LogP contribution < -0.4 is 5.32 Å². The summed E-state index contributed by atoms with van der Waals surface area (Å²) < 4.78 is 75.9. The van der Waals surface area contributed by atoms with E-state index in [1.165, 1.54) is 35.7 Å². The van der Waals surface area contributed by atoms with Gasteiger partial charge in [-0.1, -0.05) is 35.6 Å². The zero-order chi connectivity index (χ0) is 25.2. The Labute approximate surface area is 203 Å². The topological polar surface area (TPSA) is 72.0 Å². The summed E-state index contributed by atoms with van der Waals surface area (Å²) in [6.45, 7) is 0.378. The molecule has 2 aromatic heterocycles. The molecule has 0 saturated carbocycles. The van der Waals surface area contributed by atoms with Gasteiger partial charge in [0.05, 0.1) is 16.2 Å². The second-order valence-corrected chi connectivity index (χ2v) is 11.4. The highest BCUT2D eigenvalue weighted by molar-refractivity contribution is 7.90. The number of aromatic nitrogens is 2. The summed E-state index contributed by atoms with van der Waals surface area (Å²) in [6, 6.07) is 11.6. The standard InChI is InChI=1S/C24H21F4N3O2S2/c1-35(32,33)14-18(15-4-6-20(7-5-15)24(26,27)28)8-9-29-23-31-13-21(34-23)16-2-3-17-12-30-22(25)11-19(17)10-16/h2-7,10-13,18H,8-9,14H2,1H3,(H,29,31). The summed E-state index contributed by atoms with van der Waals surface area (Å²) in [7, 11) is -3.35. The molecule has 5 nitrogen and oxygen atoms in total. The number of hydrogen-bond acceptors (Lipinski definition) is 6. The first-order valence-corrected chi connectivity index (χ1v) is 13.5. The zero-order valence-corrected chi connectivity index (χ0v) is 20.1. The Bertz CT molecular complexity index is 1440. The smallest absolute Gasteiger partial charge is 0.361 e. The molecule has 35 heavy (non-hydrogen) atoms. The molecule has 0 saturated heterocycles. The van der Waals surface area contributed by atoms with Crippen LogP contribution in [0.5, 0.6) is 0 Å². The molecule has 0 fully saturated rings. The molecule has 2 heterocycles. The number of sulfone groups is 1. The first-order valence-electron chi connectivity index (χ1n) is 10.6. The van der Waals surface area contributed by atoms with Gasteiger partial charge in [0.1, 0.15) is 9.84 Å². The Kier molecular flexibility index (Phi) is 7.09. The second kappa shape index (κ2) is 9.90. The molecule has 0 radical (unpaired) electrons. The molecule has 4 aromatic rings. The second-order valence-electron chi connectivity index (χ2n) is 8.22. The summed E-state index contributed by atoms with van der Waals surface area (Å²) >= 11 is 1.39. The van der Waals surface area contributed by atoms with Crippen LogP contribution in [0, 0.1) is 5.95 Å². The molecule has 184 valence electrons. The lowest BCUT2D eigenvalue weighted by atomic mass is 9.96. The third-order valence-electron chi connectivity index (χ3n) is 5.46. The van der Waals surface area contributed by atoms with E-state index in [0.717, 1.165) is 39.6 Å². The van der Waals surface area contributed by atoms with Crippen molar-refractivity contribution in [2.45, 2.75) is 18.5 Å². The fraction of sp³-hybridized carbons (Fsp3) is 0.250. The van der Waals surface area contributed by atoms with E-state index in [1.54, 1.807) is 6.20 Å². The van der Waals surface area contributed by atoms with Crippen LogP contribution in [-0.2, 0) is 16.0 Å². The Hall–Kier alpha value is -3.05. The van der Waals surface area contributed by atoms with Gasteiger partial charge >= 0.3 is 6.18 Å². The minimum atomic E-state index is -4.45. The molecule has 2 aromatic carbocycles. The van der Waals surface area contributed by atoms with Gasteiger partial charge in [0.25, 0.3) is 0 Å². The van der Waals surface area contributed by atoms with Crippen LogP contribution in [0.15, 0.2) is 60.9 Å². The molecule has 0 aliphatic rings. The fourth-order valence-electron chi connectivity index (χ4n) is 3.77. The van der Waals surface area contributed by atoms with Gasteiger partial charge < -0.3 is 5.32 Å². The highest BCUT2D eigenvalue weighted by Crippen LogP contribution is 2.33. The molecule has 1 atom stereocenters. The van der Waals surface area contributed by atoms with Crippen LogP contribution in [0.1, 0.15) is 23.5 Å². The highest BCUT2D eigenvalue weighted by atomic mass is 32.2. The Balaban J connectivity index is 1.44. The normalized spacial score (nSPS) is 13.2. The first kappa shape index (κ1) is 25.1. The van der Waals surface area contributed by atoms with E-state index in [4.69, 9.17) is 0 Å². The molecule has 0 spiro atoms. The van der Waals surface area contributed by atoms with Crippen molar-refractivity contribution in [1.82, 2.24) is 9.97 Å². The number of rotatable bonds is 8. The molecule has 1 N–H and O–H groups in total. The van der Waals surface area contributed by atoms with E-state index in [0.29, 0.717) is 23.7 Å². The van der Waals surface area contributed by atoms with E-state index in [9.17, 15) is 26.0 Å². The van der Waals surface area contributed by atoms with Crippen LogP contribution in [0.2, 0.25) is 0 Å². The Morgan fingerprint density at radius 3 is 2.43 bits per heavy atom. The van der Waals surface area contributed by atoms with Gasteiger partial charge in [0.2, 0.25) is 5.95 Å². The average molecular weight is 524 g/mol. The van der Waals surface area contributed by atoms with Gasteiger partial charge in [0.15, 0.2) is 5.13 Å². The van der Waals surface area contributed by atoms with Crippen molar-refractivity contribution >= 4 is 37.1 Å². The minimum absolute atomic E-state index is 0.175. The van der Waals surface area contributed by atoms with E-state index < -0.39 is 33.4 Å². The first-order chi connectivity index (χ1) is 16.5. The van der Waals surface area contributed by atoms with E-state index >= 15 is 0 Å². The van der Waals surface area contributed by atoms with Crippen molar-refractivity contribution in [3.8, 4) is 10.4 Å². The van der Waals surface area contributed by atoms with Gasteiger partial charge in [-0.3, -0.25) is 0 Å². The number of fused-ring (bicyclic) bond motifs is 1. The maximum absolute atomic E-state index is 13.5. The molecule has 0 amide bonds. The predicted octanol–water partition coefficient (Wildman–Crippen LogP) is 6.15. The molecular weight excluding hydrogens is 502 g/mol. The highest BCUT2D eigenvalue weighted by Gasteiger charge is 2.30. The minimum Gasteiger partial charge on any atom is -0.361 e.